The van der Waals surface area contributed by atoms with E-state index in [1.807, 2.05) is 18.2 Å². The Hall–Kier alpha value is -1.28. The van der Waals surface area contributed by atoms with E-state index in [2.05, 4.69) is 42.2 Å². The molecular weight excluding hydrogens is 427 g/mol. The van der Waals surface area contributed by atoms with Crippen LogP contribution in [0.1, 0.15) is 25.3 Å². The molecule has 1 heterocycles. The van der Waals surface area contributed by atoms with Crippen LogP contribution in [0, 0.1) is 0 Å². The summed E-state index contributed by atoms with van der Waals surface area (Å²) in [5.41, 5.74) is 1.08. The van der Waals surface area contributed by atoms with E-state index in [0.29, 0.717) is 19.2 Å². The van der Waals surface area contributed by atoms with Crippen LogP contribution >= 0.6 is 24.0 Å². The first-order valence-electron chi connectivity index (χ1n) is 8.78. The van der Waals surface area contributed by atoms with Crippen molar-refractivity contribution in [2.75, 3.05) is 33.3 Å². The van der Waals surface area contributed by atoms with Gasteiger partial charge in [0.25, 0.3) is 0 Å². The Morgan fingerprint density at radius 3 is 2.88 bits per heavy atom. The lowest BCUT2D eigenvalue weighted by atomic mass is 10.2. The molecule has 0 aromatic heterocycles. The van der Waals surface area contributed by atoms with Gasteiger partial charge in [0.15, 0.2) is 5.96 Å². The molecule has 1 aromatic rings. The molecule has 1 atom stereocenters. The molecule has 2 N–H and O–H groups in total. The van der Waals surface area contributed by atoms with E-state index in [1.165, 1.54) is 19.4 Å². The molecule has 25 heavy (non-hydrogen) atoms. The van der Waals surface area contributed by atoms with Crippen LogP contribution in [-0.4, -0.2) is 50.2 Å². The molecule has 1 unspecified atom stereocenters. The Bertz CT molecular complexity index is 550. The molecule has 140 valence electrons. The fraction of sp³-hybridized carbons (Fsp3) is 0.526. The van der Waals surface area contributed by atoms with Crippen LogP contribution in [0.25, 0.3) is 0 Å². The molecule has 0 amide bonds. The molecule has 1 fully saturated rings. The van der Waals surface area contributed by atoms with Crippen LogP contribution in [-0.2, 0) is 6.54 Å². The number of nitrogens with one attached hydrogen (secondary N) is 2. The highest BCUT2D eigenvalue weighted by atomic mass is 127. The van der Waals surface area contributed by atoms with Gasteiger partial charge in [-0.15, -0.1) is 24.0 Å². The highest BCUT2D eigenvalue weighted by molar-refractivity contribution is 14.0. The van der Waals surface area contributed by atoms with Crippen molar-refractivity contribution in [2.45, 2.75) is 32.4 Å². The normalized spacial score (nSPS) is 17.7. The molecule has 0 radical (unpaired) electrons. The SMILES string of the molecule is C=CCOc1ccccc1CN=C(NCC)NCC1CCCN1C.I. The average molecular weight is 458 g/mol. The predicted molar refractivity (Wildman–Crippen MR) is 116 cm³/mol. The number of rotatable bonds is 8. The zero-order valence-corrected chi connectivity index (χ0v) is 17.7. The second kappa shape index (κ2) is 12.1. The van der Waals surface area contributed by atoms with E-state index in [4.69, 9.17) is 9.73 Å². The van der Waals surface area contributed by atoms with E-state index < -0.39 is 0 Å². The van der Waals surface area contributed by atoms with Crippen molar-refractivity contribution < 1.29 is 4.74 Å². The molecule has 0 spiro atoms. The van der Waals surface area contributed by atoms with Gasteiger partial charge in [0, 0.05) is 24.7 Å². The third-order valence-electron chi connectivity index (χ3n) is 4.26. The summed E-state index contributed by atoms with van der Waals surface area (Å²) < 4.78 is 5.70. The predicted octanol–water partition coefficient (Wildman–Crippen LogP) is 3.02. The van der Waals surface area contributed by atoms with Crippen LogP contribution in [0.5, 0.6) is 5.75 Å². The average Bonchev–Trinajstić information content (AvgIpc) is 3.01. The third kappa shape index (κ3) is 7.23. The van der Waals surface area contributed by atoms with Gasteiger partial charge in [-0.05, 0) is 39.4 Å². The lowest BCUT2D eigenvalue weighted by Crippen LogP contribution is -2.44. The minimum Gasteiger partial charge on any atom is -0.489 e. The van der Waals surface area contributed by atoms with Crippen LogP contribution in [0.15, 0.2) is 41.9 Å². The molecule has 0 aliphatic carbocycles. The number of nitrogens with zero attached hydrogens (tertiary/aromatic N) is 2. The number of halogens is 1. The van der Waals surface area contributed by atoms with Crippen molar-refractivity contribution in [3.05, 3.63) is 42.5 Å². The van der Waals surface area contributed by atoms with Crippen LogP contribution in [0.3, 0.4) is 0 Å². The monoisotopic (exact) mass is 458 g/mol. The smallest absolute Gasteiger partial charge is 0.191 e. The number of benzene rings is 1. The van der Waals surface area contributed by atoms with E-state index in [1.54, 1.807) is 6.08 Å². The van der Waals surface area contributed by atoms with Crippen molar-refractivity contribution in [1.82, 2.24) is 15.5 Å². The number of likely N-dealkylation sites (tertiary alicyclic amines) is 1. The number of ether oxygens (including phenoxy) is 1. The van der Waals surface area contributed by atoms with E-state index in [0.717, 1.165) is 30.4 Å². The number of guanidine groups is 1. The van der Waals surface area contributed by atoms with E-state index in [-0.39, 0.29) is 24.0 Å². The summed E-state index contributed by atoms with van der Waals surface area (Å²) in [7, 11) is 2.19. The highest BCUT2D eigenvalue weighted by Crippen LogP contribution is 2.19. The molecule has 2 rings (SSSR count). The molecule has 1 aromatic carbocycles. The summed E-state index contributed by atoms with van der Waals surface area (Å²) in [6, 6.07) is 8.61. The first kappa shape index (κ1) is 21.8. The molecule has 0 bridgehead atoms. The first-order valence-corrected chi connectivity index (χ1v) is 8.78. The molecule has 5 nitrogen and oxygen atoms in total. The van der Waals surface area contributed by atoms with Gasteiger partial charge in [0.05, 0.1) is 6.54 Å². The van der Waals surface area contributed by atoms with Gasteiger partial charge in [-0.2, -0.15) is 0 Å². The van der Waals surface area contributed by atoms with Gasteiger partial charge in [-0.25, -0.2) is 4.99 Å². The molecule has 0 saturated carbocycles. The molecule has 1 aliphatic rings. The van der Waals surface area contributed by atoms with E-state index in [9.17, 15) is 0 Å². The van der Waals surface area contributed by atoms with Crippen LogP contribution in [0.4, 0.5) is 0 Å². The Kier molecular flexibility index (Phi) is 10.6. The number of likely N-dealkylation sites (N-methyl/N-ethyl adjacent to an activating group) is 1. The van der Waals surface area contributed by atoms with Crippen LogP contribution in [0.2, 0.25) is 0 Å². The summed E-state index contributed by atoms with van der Waals surface area (Å²) in [4.78, 5) is 7.12. The Labute approximate surface area is 168 Å². The summed E-state index contributed by atoms with van der Waals surface area (Å²) in [6.07, 6.45) is 4.29. The van der Waals surface area contributed by atoms with Gasteiger partial charge in [0.1, 0.15) is 12.4 Å². The van der Waals surface area contributed by atoms with Gasteiger partial charge < -0.3 is 20.3 Å². The van der Waals surface area contributed by atoms with Crippen molar-refractivity contribution in [3.63, 3.8) is 0 Å². The standard InChI is InChI=1S/C19H30N4O.HI/c1-4-13-24-18-11-7-6-9-16(18)14-21-19(20-5-2)22-15-17-10-8-12-23(17)3;/h4,6-7,9,11,17H,1,5,8,10,12-15H2,2-3H3,(H2,20,21,22);1H. The quantitative estimate of drug-likeness (QED) is 0.272. The van der Waals surface area contributed by atoms with Crippen molar-refractivity contribution >= 4 is 29.9 Å². The van der Waals surface area contributed by atoms with Gasteiger partial charge in [-0.1, -0.05) is 30.9 Å². The summed E-state index contributed by atoms with van der Waals surface area (Å²) in [5, 5.41) is 6.78. The van der Waals surface area contributed by atoms with Crippen molar-refractivity contribution in [1.29, 1.82) is 0 Å². The maximum atomic E-state index is 5.70. The molecule has 6 heteroatoms. The fourth-order valence-electron chi connectivity index (χ4n) is 2.88. The topological polar surface area (TPSA) is 48.9 Å². The number of aliphatic imine (C=N–C) groups is 1. The lowest BCUT2D eigenvalue weighted by Gasteiger charge is -2.21. The molecular formula is C19H31IN4O. The Morgan fingerprint density at radius 2 is 2.20 bits per heavy atom. The number of hydrogen-bond donors (Lipinski definition) is 2. The first-order chi connectivity index (χ1) is 11.7. The summed E-state index contributed by atoms with van der Waals surface area (Å²) in [6.45, 7) is 9.84. The Balaban J connectivity index is 0.00000312. The minimum atomic E-state index is 0. The zero-order valence-electron chi connectivity index (χ0n) is 15.3. The minimum absolute atomic E-state index is 0. The fourth-order valence-corrected chi connectivity index (χ4v) is 2.88. The van der Waals surface area contributed by atoms with Crippen molar-refractivity contribution in [2.24, 2.45) is 4.99 Å². The number of hydrogen-bond acceptors (Lipinski definition) is 3. The molecule has 1 aliphatic heterocycles. The maximum Gasteiger partial charge on any atom is 0.191 e. The lowest BCUT2D eigenvalue weighted by molar-refractivity contribution is 0.309. The third-order valence-corrected chi connectivity index (χ3v) is 4.26. The maximum absolute atomic E-state index is 5.70. The van der Waals surface area contributed by atoms with Gasteiger partial charge in [0.2, 0.25) is 0 Å². The second-order valence-electron chi connectivity index (χ2n) is 6.06. The highest BCUT2D eigenvalue weighted by Gasteiger charge is 2.20. The van der Waals surface area contributed by atoms with Gasteiger partial charge in [-0.3, -0.25) is 0 Å². The zero-order chi connectivity index (χ0) is 17.2. The van der Waals surface area contributed by atoms with E-state index >= 15 is 0 Å². The number of para-hydroxylation sites is 1. The second-order valence-corrected chi connectivity index (χ2v) is 6.06. The van der Waals surface area contributed by atoms with Crippen molar-refractivity contribution in [3.8, 4) is 5.75 Å². The van der Waals surface area contributed by atoms with Crippen LogP contribution < -0.4 is 15.4 Å². The Morgan fingerprint density at radius 1 is 1.40 bits per heavy atom. The summed E-state index contributed by atoms with van der Waals surface area (Å²) >= 11 is 0. The van der Waals surface area contributed by atoms with Gasteiger partial charge >= 0.3 is 0 Å². The largest absolute Gasteiger partial charge is 0.489 e. The summed E-state index contributed by atoms with van der Waals surface area (Å²) in [5.74, 6) is 1.73. The molecule has 1 saturated heterocycles.